The summed E-state index contributed by atoms with van der Waals surface area (Å²) in [6.45, 7) is 5.75. The molecule has 0 unspecified atom stereocenters. The molecule has 2 rings (SSSR count). The van der Waals surface area contributed by atoms with Crippen molar-refractivity contribution in [3.63, 3.8) is 0 Å². The average molecular weight is 259 g/mol. The molecule has 4 heteroatoms. The second kappa shape index (κ2) is 5.61. The van der Waals surface area contributed by atoms with E-state index >= 15 is 0 Å². The van der Waals surface area contributed by atoms with E-state index in [1.54, 1.807) is 18.4 Å². The third-order valence-electron chi connectivity index (χ3n) is 2.45. The van der Waals surface area contributed by atoms with Crippen LogP contribution in [0.3, 0.4) is 0 Å². The van der Waals surface area contributed by atoms with Gasteiger partial charge >= 0.3 is 0 Å². The Labute approximate surface area is 112 Å². The highest BCUT2D eigenvalue weighted by Gasteiger charge is 2.13. The average Bonchev–Trinajstić information content (AvgIpc) is 2.78. The van der Waals surface area contributed by atoms with Crippen LogP contribution in [0.2, 0.25) is 0 Å². The zero-order chi connectivity index (χ0) is 13.8. The van der Waals surface area contributed by atoms with Crippen LogP contribution in [-0.2, 0) is 0 Å². The number of carbonyl (C=O) groups is 1. The zero-order valence-electron chi connectivity index (χ0n) is 11.3. The molecule has 0 spiro atoms. The second-order valence-corrected chi connectivity index (χ2v) is 4.61. The largest absolute Gasteiger partial charge is 0.489 e. The van der Waals surface area contributed by atoms with Gasteiger partial charge < -0.3 is 14.5 Å². The Morgan fingerprint density at radius 3 is 2.68 bits per heavy atom. The molecule has 0 bridgehead atoms. The number of furan rings is 1. The Bertz CT molecular complexity index is 572. The van der Waals surface area contributed by atoms with E-state index in [1.807, 2.05) is 39.0 Å². The molecule has 1 amide bonds. The van der Waals surface area contributed by atoms with Crippen molar-refractivity contribution in [1.82, 2.24) is 0 Å². The van der Waals surface area contributed by atoms with Gasteiger partial charge in [-0.05, 0) is 44.5 Å². The Morgan fingerprint density at radius 1 is 1.32 bits per heavy atom. The van der Waals surface area contributed by atoms with Gasteiger partial charge in [0.05, 0.1) is 18.1 Å². The minimum absolute atomic E-state index is 0.0453. The lowest BCUT2D eigenvalue weighted by atomic mass is 10.2. The summed E-state index contributed by atoms with van der Waals surface area (Å²) in [5, 5.41) is 2.79. The molecule has 0 saturated heterocycles. The van der Waals surface area contributed by atoms with E-state index in [2.05, 4.69) is 5.32 Å². The fourth-order valence-corrected chi connectivity index (χ4v) is 1.66. The van der Waals surface area contributed by atoms with Crippen LogP contribution in [0, 0.1) is 6.92 Å². The maximum Gasteiger partial charge on any atom is 0.291 e. The van der Waals surface area contributed by atoms with Crippen molar-refractivity contribution in [3.8, 4) is 5.75 Å². The predicted octanol–water partition coefficient (Wildman–Crippen LogP) is 3.63. The van der Waals surface area contributed by atoms with Crippen LogP contribution < -0.4 is 10.1 Å². The van der Waals surface area contributed by atoms with Gasteiger partial charge in [-0.25, -0.2) is 0 Å². The van der Waals surface area contributed by atoms with Gasteiger partial charge in [0.1, 0.15) is 5.75 Å². The van der Waals surface area contributed by atoms with Crippen LogP contribution in [-0.4, -0.2) is 12.0 Å². The molecule has 100 valence electrons. The van der Waals surface area contributed by atoms with Gasteiger partial charge in [0.15, 0.2) is 5.76 Å². The fraction of sp³-hybridized carbons (Fsp3) is 0.267. The number of aryl methyl sites for hydroxylation is 1. The fourth-order valence-electron chi connectivity index (χ4n) is 1.66. The quantitative estimate of drug-likeness (QED) is 0.912. The van der Waals surface area contributed by atoms with Crippen molar-refractivity contribution < 1.29 is 13.9 Å². The number of carbonyl (C=O) groups excluding carboxylic acids is 1. The maximum absolute atomic E-state index is 12.0. The number of nitrogens with one attached hydrogen (secondary N) is 1. The molecule has 0 fully saturated rings. The number of hydrogen-bond acceptors (Lipinski definition) is 3. The first kappa shape index (κ1) is 13.2. The number of benzene rings is 1. The van der Waals surface area contributed by atoms with Crippen molar-refractivity contribution in [2.75, 3.05) is 5.32 Å². The first-order valence-corrected chi connectivity index (χ1v) is 6.18. The number of para-hydroxylation sites is 2. The highest BCUT2D eigenvalue weighted by Crippen LogP contribution is 2.25. The van der Waals surface area contributed by atoms with Crippen molar-refractivity contribution in [2.24, 2.45) is 0 Å². The summed E-state index contributed by atoms with van der Waals surface area (Å²) in [6.07, 6.45) is 1.59. The minimum atomic E-state index is -0.284. The molecule has 1 heterocycles. The van der Waals surface area contributed by atoms with Crippen LogP contribution in [0.25, 0.3) is 0 Å². The topological polar surface area (TPSA) is 51.5 Å². The Kier molecular flexibility index (Phi) is 3.90. The highest BCUT2D eigenvalue weighted by atomic mass is 16.5. The molecule has 2 aromatic rings. The molecule has 0 aliphatic heterocycles. The van der Waals surface area contributed by atoms with Crippen molar-refractivity contribution in [3.05, 3.63) is 47.9 Å². The van der Waals surface area contributed by atoms with E-state index in [9.17, 15) is 4.79 Å². The van der Waals surface area contributed by atoms with E-state index in [0.29, 0.717) is 11.4 Å². The molecule has 1 N–H and O–H groups in total. The minimum Gasteiger partial charge on any atom is -0.489 e. The van der Waals surface area contributed by atoms with Crippen LogP contribution in [0.1, 0.15) is 30.0 Å². The molecule has 19 heavy (non-hydrogen) atoms. The molecule has 0 atom stereocenters. The van der Waals surface area contributed by atoms with Crippen LogP contribution in [0.4, 0.5) is 5.69 Å². The lowest BCUT2D eigenvalue weighted by molar-refractivity contribution is 0.0996. The lowest BCUT2D eigenvalue weighted by Gasteiger charge is -2.14. The molecule has 0 aliphatic rings. The van der Waals surface area contributed by atoms with Gasteiger partial charge in [0.2, 0.25) is 0 Å². The molecule has 4 nitrogen and oxygen atoms in total. The summed E-state index contributed by atoms with van der Waals surface area (Å²) < 4.78 is 10.8. The van der Waals surface area contributed by atoms with E-state index in [0.717, 1.165) is 5.56 Å². The zero-order valence-corrected chi connectivity index (χ0v) is 11.3. The normalized spacial score (nSPS) is 10.5. The third-order valence-corrected chi connectivity index (χ3v) is 2.45. The first-order chi connectivity index (χ1) is 9.06. The Hall–Kier alpha value is -2.23. The molecule has 0 aliphatic carbocycles. The van der Waals surface area contributed by atoms with E-state index < -0.39 is 0 Å². The van der Waals surface area contributed by atoms with Crippen LogP contribution in [0.15, 0.2) is 41.0 Å². The van der Waals surface area contributed by atoms with Crippen molar-refractivity contribution >= 4 is 11.6 Å². The Morgan fingerprint density at radius 2 is 2.05 bits per heavy atom. The van der Waals surface area contributed by atoms with E-state index in [4.69, 9.17) is 9.15 Å². The summed E-state index contributed by atoms with van der Waals surface area (Å²) >= 11 is 0. The van der Waals surface area contributed by atoms with Gasteiger partial charge in [0, 0.05) is 0 Å². The van der Waals surface area contributed by atoms with E-state index in [-0.39, 0.29) is 17.8 Å². The van der Waals surface area contributed by atoms with Crippen LogP contribution >= 0.6 is 0 Å². The molecular weight excluding hydrogens is 242 g/mol. The molecule has 1 aromatic heterocycles. The monoisotopic (exact) mass is 259 g/mol. The SMILES string of the molecule is Cc1coc(C(=O)Nc2ccccc2OC(C)C)c1. The van der Waals surface area contributed by atoms with E-state index in [1.165, 1.54) is 0 Å². The number of anilines is 1. The van der Waals surface area contributed by atoms with Crippen LogP contribution in [0.5, 0.6) is 5.75 Å². The van der Waals surface area contributed by atoms with Gasteiger partial charge in [-0.3, -0.25) is 4.79 Å². The van der Waals surface area contributed by atoms with Gasteiger partial charge in [-0.2, -0.15) is 0 Å². The first-order valence-electron chi connectivity index (χ1n) is 6.18. The second-order valence-electron chi connectivity index (χ2n) is 4.61. The van der Waals surface area contributed by atoms with Crippen molar-refractivity contribution in [2.45, 2.75) is 26.9 Å². The summed E-state index contributed by atoms with van der Waals surface area (Å²) in [5.41, 5.74) is 1.55. The highest BCUT2D eigenvalue weighted by molar-refractivity contribution is 6.03. The summed E-state index contributed by atoms with van der Waals surface area (Å²) in [4.78, 5) is 12.0. The predicted molar refractivity (Wildman–Crippen MR) is 73.6 cm³/mol. The molecular formula is C15H17NO3. The van der Waals surface area contributed by atoms with Gasteiger partial charge in [-0.1, -0.05) is 12.1 Å². The summed E-state index contributed by atoms with van der Waals surface area (Å²) in [7, 11) is 0. The number of amides is 1. The van der Waals surface area contributed by atoms with Gasteiger partial charge in [-0.15, -0.1) is 0 Å². The summed E-state index contributed by atoms with van der Waals surface area (Å²) in [6, 6.07) is 9.02. The standard InChI is InChI=1S/C15H17NO3/c1-10(2)19-13-7-5-4-6-12(13)16-15(17)14-8-11(3)9-18-14/h4-10H,1-3H3,(H,16,17). The molecule has 1 aromatic carbocycles. The number of hydrogen-bond donors (Lipinski definition) is 1. The maximum atomic E-state index is 12.0. The lowest BCUT2D eigenvalue weighted by Crippen LogP contribution is -2.13. The van der Waals surface area contributed by atoms with Crippen molar-refractivity contribution in [1.29, 1.82) is 0 Å². The summed E-state index contributed by atoms with van der Waals surface area (Å²) in [5.74, 6) is 0.652. The third kappa shape index (κ3) is 3.37. The number of ether oxygens (including phenoxy) is 1. The molecule has 0 radical (unpaired) electrons. The smallest absolute Gasteiger partial charge is 0.291 e. The Balaban J connectivity index is 2.16. The number of rotatable bonds is 4. The molecule has 0 saturated carbocycles. The van der Waals surface area contributed by atoms with Gasteiger partial charge in [0.25, 0.3) is 5.91 Å².